The SMILES string of the molecule is Cl.O=C(Cc1ccccc1)NCC(=O)N1CCC2(CCNC2)CC1. The molecule has 1 aromatic rings. The zero-order chi connectivity index (χ0) is 16.1. The third kappa shape index (κ3) is 4.71. The first-order valence-electron chi connectivity index (χ1n) is 8.46. The van der Waals surface area contributed by atoms with Gasteiger partial charge in [0.25, 0.3) is 0 Å². The van der Waals surface area contributed by atoms with Crippen molar-refractivity contribution in [2.75, 3.05) is 32.7 Å². The van der Waals surface area contributed by atoms with Crippen molar-refractivity contribution >= 4 is 24.2 Å². The van der Waals surface area contributed by atoms with E-state index in [1.165, 1.54) is 6.42 Å². The first-order valence-corrected chi connectivity index (χ1v) is 8.46. The Morgan fingerprint density at radius 2 is 1.83 bits per heavy atom. The summed E-state index contributed by atoms with van der Waals surface area (Å²) < 4.78 is 0. The smallest absolute Gasteiger partial charge is 0.241 e. The molecule has 0 radical (unpaired) electrons. The van der Waals surface area contributed by atoms with Crippen molar-refractivity contribution in [3.05, 3.63) is 35.9 Å². The summed E-state index contributed by atoms with van der Waals surface area (Å²) >= 11 is 0. The lowest BCUT2D eigenvalue weighted by molar-refractivity contribution is -0.134. The quantitative estimate of drug-likeness (QED) is 0.861. The maximum absolute atomic E-state index is 12.3. The Balaban J connectivity index is 0.00000208. The fraction of sp³-hybridized carbons (Fsp3) is 0.556. The van der Waals surface area contributed by atoms with Gasteiger partial charge >= 0.3 is 0 Å². The van der Waals surface area contributed by atoms with Gasteiger partial charge in [-0.1, -0.05) is 30.3 Å². The van der Waals surface area contributed by atoms with E-state index < -0.39 is 0 Å². The van der Waals surface area contributed by atoms with Crippen LogP contribution in [0.3, 0.4) is 0 Å². The van der Waals surface area contributed by atoms with Crippen LogP contribution in [0.2, 0.25) is 0 Å². The van der Waals surface area contributed by atoms with Crippen molar-refractivity contribution < 1.29 is 9.59 Å². The second-order valence-electron chi connectivity index (χ2n) is 6.75. The Morgan fingerprint density at radius 3 is 2.46 bits per heavy atom. The average molecular weight is 352 g/mol. The number of hydrogen-bond donors (Lipinski definition) is 2. The molecule has 1 spiro atoms. The molecule has 0 atom stereocenters. The van der Waals surface area contributed by atoms with Crippen molar-refractivity contribution in [3.8, 4) is 0 Å². The molecule has 2 fully saturated rings. The Morgan fingerprint density at radius 1 is 1.12 bits per heavy atom. The molecule has 2 heterocycles. The van der Waals surface area contributed by atoms with Gasteiger partial charge in [-0.15, -0.1) is 12.4 Å². The topological polar surface area (TPSA) is 61.4 Å². The maximum Gasteiger partial charge on any atom is 0.241 e. The standard InChI is InChI=1S/C18H25N3O2.ClH/c22-16(12-15-4-2-1-3-5-15)20-13-17(23)21-10-7-18(8-11-21)6-9-19-14-18;/h1-5,19H,6-14H2,(H,20,22);1H. The normalized spacial score (nSPS) is 18.9. The number of halogens is 1. The first-order chi connectivity index (χ1) is 11.2. The molecule has 2 aliphatic rings. The third-order valence-corrected chi connectivity index (χ3v) is 5.15. The van der Waals surface area contributed by atoms with E-state index in [1.54, 1.807) is 0 Å². The van der Waals surface area contributed by atoms with Crippen LogP contribution in [0.4, 0.5) is 0 Å². The predicted octanol–water partition coefficient (Wildman–Crippen LogP) is 1.37. The second-order valence-corrected chi connectivity index (χ2v) is 6.75. The van der Waals surface area contributed by atoms with Crippen molar-refractivity contribution in [1.82, 2.24) is 15.5 Å². The van der Waals surface area contributed by atoms with Crippen LogP contribution >= 0.6 is 12.4 Å². The fourth-order valence-corrected chi connectivity index (χ4v) is 3.58. The third-order valence-electron chi connectivity index (χ3n) is 5.15. The number of nitrogens with zero attached hydrogens (tertiary/aromatic N) is 1. The lowest BCUT2D eigenvalue weighted by atomic mass is 9.78. The number of amides is 2. The highest BCUT2D eigenvalue weighted by atomic mass is 35.5. The average Bonchev–Trinajstić information content (AvgIpc) is 3.02. The van der Waals surface area contributed by atoms with Gasteiger partial charge in [-0.2, -0.15) is 0 Å². The molecular formula is C18H26ClN3O2. The molecule has 2 N–H and O–H groups in total. The second kappa shape index (κ2) is 8.49. The fourth-order valence-electron chi connectivity index (χ4n) is 3.58. The number of benzene rings is 1. The number of nitrogens with one attached hydrogen (secondary N) is 2. The van der Waals surface area contributed by atoms with E-state index in [-0.39, 0.29) is 30.8 Å². The van der Waals surface area contributed by atoms with Gasteiger partial charge in [-0.25, -0.2) is 0 Å². The van der Waals surface area contributed by atoms with Gasteiger partial charge in [0, 0.05) is 19.6 Å². The molecule has 1 aromatic carbocycles. The van der Waals surface area contributed by atoms with Crippen LogP contribution in [0, 0.1) is 5.41 Å². The highest BCUT2D eigenvalue weighted by Gasteiger charge is 2.37. The molecule has 0 aromatic heterocycles. The zero-order valence-electron chi connectivity index (χ0n) is 13.9. The molecule has 2 saturated heterocycles. The van der Waals surface area contributed by atoms with Crippen LogP contribution < -0.4 is 10.6 Å². The van der Waals surface area contributed by atoms with E-state index >= 15 is 0 Å². The minimum Gasteiger partial charge on any atom is -0.347 e. The molecule has 2 aliphatic heterocycles. The summed E-state index contributed by atoms with van der Waals surface area (Å²) in [5, 5.41) is 6.18. The lowest BCUT2D eigenvalue weighted by Gasteiger charge is -2.38. The minimum atomic E-state index is -0.0991. The number of rotatable bonds is 4. The molecule has 0 unspecified atom stereocenters. The Labute approximate surface area is 149 Å². The van der Waals surface area contributed by atoms with Crippen LogP contribution in [-0.4, -0.2) is 49.4 Å². The number of likely N-dealkylation sites (tertiary alicyclic amines) is 1. The monoisotopic (exact) mass is 351 g/mol. The Kier molecular flexibility index (Phi) is 6.63. The van der Waals surface area contributed by atoms with Gasteiger partial charge in [-0.05, 0) is 36.8 Å². The molecule has 0 saturated carbocycles. The molecular weight excluding hydrogens is 326 g/mol. The summed E-state index contributed by atoms with van der Waals surface area (Å²) in [5.74, 6) is -0.0646. The zero-order valence-corrected chi connectivity index (χ0v) is 14.7. The first kappa shape index (κ1) is 18.7. The van der Waals surface area contributed by atoms with E-state index in [9.17, 15) is 9.59 Å². The number of piperidine rings is 1. The van der Waals surface area contributed by atoms with E-state index in [0.717, 1.165) is 44.6 Å². The van der Waals surface area contributed by atoms with Gasteiger partial charge in [0.1, 0.15) is 0 Å². The van der Waals surface area contributed by atoms with Gasteiger partial charge in [0.2, 0.25) is 11.8 Å². The van der Waals surface area contributed by atoms with E-state index in [4.69, 9.17) is 0 Å². The summed E-state index contributed by atoms with van der Waals surface area (Å²) in [6.45, 7) is 3.92. The highest BCUT2D eigenvalue weighted by Crippen LogP contribution is 2.36. The van der Waals surface area contributed by atoms with Gasteiger partial charge < -0.3 is 15.5 Å². The van der Waals surface area contributed by atoms with Crippen molar-refractivity contribution in [1.29, 1.82) is 0 Å². The predicted molar refractivity (Wildman–Crippen MR) is 96.1 cm³/mol. The summed E-state index contributed by atoms with van der Waals surface area (Å²) in [5.41, 5.74) is 1.37. The van der Waals surface area contributed by atoms with E-state index in [0.29, 0.717) is 11.8 Å². The van der Waals surface area contributed by atoms with Crippen molar-refractivity contribution in [2.45, 2.75) is 25.7 Å². The molecule has 0 aliphatic carbocycles. The van der Waals surface area contributed by atoms with Gasteiger partial charge in [-0.3, -0.25) is 9.59 Å². The van der Waals surface area contributed by atoms with Gasteiger partial charge in [0.15, 0.2) is 0 Å². The van der Waals surface area contributed by atoms with Crippen LogP contribution in [0.1, 0.15) is 24.8 Å². The molecule has 3 rings (SSSR count). The number of carbonyl (C=O) groups is 2. The minimum absolute atomic E-state index is 0. The highest BCUT2D eigenvalue weighted by molar-refractivity contribution is 5.86. The number of hydrogen-bond acceptors (Lipinski definition) is 3. The van der Waals surface area contributed by atoms with Crippen LogP contribution in [-0.2, 0) is 16.0 Å². The van der Waals surface area contributed by atoms with Crippen LogP contribution in [0.15, 0.2) is 30.3 Å². The summed E-state index contributed by atoms with van der Waals surface area (Å²) in [7, 11) is 0. The van der Waals surface area contributed by atoms with Crippen LogP contribution in [0.25, 0.3) is 0 Å². The Bertz CT molecular complexity index is 549. The summed E-state index contributed by atoms with van der Waals surface area (Å²) in [6.07, 6.45) is 3.69. The largest absolute Gasteiger partial charge is 0.347 e. The number of carbonyl (C=O) groups excluding carboxylic acids is 2. The van der Waals surface area contributed by atoms with Gasteiger partial charge in [0.05, 0.1) is 13.0 Å². The molecule has 24 heavy (non-hydrogen) atoms. The van der Waals surface area contributed by atoms with E-state index in [1.807, 2.05) is 35.2 Å². The summed E-state index contributed by atoms with van der Waals surface area (Å²) in [4.78, 5) is 26.1. The van der Waals surface area contributed by atoms with E-state index in [2.05, 4.69) is 10.6 Å². The maximum atomic E-state index is 12.3. The lowest BCUT2D eigenvalue weighted by Crippen LogP contribution is -2.47. The van der Waals surface area contributed by atoms with Crippen molar-refractivity contribution in [2.24, 2.45) is 5.41 Å². The molecule has 5 nitrogen and oxygen atoms in total. The molecule has 0 bridgehead atoms. The molecule has 132 valence electrons. The summed E-state index contributed by atoms with van der Waals surface area (Å²) in [6, 6.07) is 9.58. The Hall–Kier alpha value is -1.59. The van der Waals surface area contributed by atoms with Crippen molar-refractivity contribution in [3.63, 3.8) is 0 Å². The van der Waals surface area contributed by atoms with Crippen LogP contribution in [0.5, 0.6) is 0 Å². The molecule has 2 amide bonds. The molecule has 6 heteroatoms.